The lowest BCUT2D eigenvalue weighted by molar-refractivity contribution is -0.161. The van der Waals surface area contributed by atoms with Crippen LogP contribution in [-0.4, -0.2) is 36.4 Å². The van der Waals surface area contributed by atoms with Crippen molar-refractivity contribution in [3.63, 3.8) is 0 Å². The molecule has 50 heavy (non-hydrogen) atoms. The lowest BCUT2D eigenvalue weighted by Gasteiger charge is -2.15. The van der Waals surface area contributed by atoms with E-state index in [4.69, 9.17) is 9.47 Å². The summed E-state index contributed by atoms with van der Waals surface area (Å²) in [7, 11) is 0. The molecule has 0 radical (unpaired) electrons. The van der Waals surface area contributed by atoms with Gasteiger partial charge in [0.05, 0.1) is 6.61 Å². The van der Waals surface area contributed by atoms with Gasteiger partial charge in [-0.05, 0) is 51.4 Å². The van der Waals surface area contributed by atoms with Gasteiger partial charge in [-0.3, -0.25) is 9.59 Å². The van der Waals surface area contributed by atoms with Crippen LogP contribution in [0.5, 0.6) is 0 Å². The number of allylic oxidation sites excluding steroid dienone is 8. The third kappa shape index (κ3) is 38.7. The second-order valence-corrected chi connectivity index (χ2v) is 14.0. The summed E-state index contributed by atoms with van der Waals surface area (Å²) in [6, 6.07) is 0. The first-order valence-corrected chi connectivity index (χ1v) is 21.2. The molecule has 0 spiro atoms. The van der Waals surface area contributed by atoms with Crippen molar-refractivity contribution in [1.82, 2.24) is 0 Å². The van der Waals surface area contributed by atoms with Gasteiger partial charge < -0.3 is 14.6 Å². The highest BCUT2D eigenvalue weighted by atomic mass is 16.6. The Hall–Kier alpha value is -2.14. The number of carbonyl (C=O) groups is 2. The summed E-state index contributed by atoms with van der Waals surface area (Å²) in [4.78, 5) is 24.3. The molecule has 1 unspecified atom stereocenters. The third-order valence-corrected chi connectivity index (χ3v) is 9.14. The highest BCUT2D eigenvalue weighted by molar-refractivity contribution is 5.70. The molecular formula is C45H80O5. The maximum Gasteiger partial charge on any atom is 0.306 e. The molecule has 0 aromatic carbocycles. The van der Waals surface area contributed by atoms with E-state index in [2.05, 4.69) is 62.5 Å². The van der Waals surface area contributed by atoms with Gasteiger partial charge in [-0.2, -0.15) is 0 Å². The highest BCUT2D eigenvalue weighted by Gasteiger charge is 2.16. The number of unbranched alkanes of at least 4 members (excludes halogenated alkanes) is 22. The van der Waals surface area contributed by atoms with E-state index in [1.165, 1.54) is 109 Å². The molecule has 5 heteroatoms. The third-order valence-electron chi connectivity index (χ3n) is 9.14. The predicted molar refractivity (Wildman–Crippen MR) is 214 cm³/mol. The molecule has 1 atom stereocenters. The molecule has 0 heterocycles. The molecule has 0 fully saturated rings. The predicted octanol–water partition coefficient (Wildman–Crippen LogP) is 13.4. The van der Waals surface area contributed by atoms with Crippen molar-refractivity contribution in [1.29, 1.82) is 0 Å². The van der Waals surface area contributed by atoms with Gasteiger partial charge in [0.25, 0.3) is 0 Å². The van der Waals surface area contributed by atoms with Crippen molar-refractivity contribution >= 4 is 11.9 Å². The van der Waals surface area contributed by atoms with Crippen LogP contribution in [0.1, 0.15) is 206 Å². The zero-order valence-electron chi connectivity index (χ0n) is 32.9. The molecule has 0 saturated heterocycles. The average molecular weight is 701 g/mol. The van der Waals surface area contributed by atoms with Gasteiger partial charge in [-0.15, -0.1) is 0 Å². The van der Waals surface area contributed by atoms with E-state index >= 15 is 0 Å². The normalized spacial score (nSPS) is 12.6. The van der Waals surface area contributed by atoms with Gasteiger partial charge in [-0.1, -0.05) is 191 Å². The minimum atomic E-state index is -0.774. The van der Waals surface area contributed by atoms with Gasteiger partial charge >= 0.3 is 11.9 Å². The smallest absolute Gasteiger partial charge is 0.306 e. The van der Waals surface area contributed by atoms with E-state index in [0.717, 1.165) is 70.6 Å². The van der Waals surface area contributed by atoms with E-state index in [1.54, 1.807) is 0 Å². The fourth-order valence-corrected chi connectivity index (χ4v) is 5.96. The first kappa shape index (κ1) is 47.9. The first-order chi connectivity index (χ1) is 24.6. The molecule has 0 aromatic heterocycles. The molecular weight excluding hydrogens is 620 g/mol. The van der Waals surface area contributed by atoms with E-state index < -0.39 is 6.10 Å². The van der Waals surface area contributed by atoms with Crippen LogP contribution in [0, 0.1) is 0 Å². The minimum Gasteiger partial charge on any atom is -0.462 e. The Morgan fingerprint density at radius 3 is 1.30 bits per heavy atom. The Balaban J connectivity index is 3.55. The number of aliphatic hydroxyl groups is 1. The van der Waals surface area contributed by atoms with Crippen LogP contribution in [0.4, 0.5) is 0 Å². The molecule has 0 bridgehead atoms. The molecule has 0 amide bonds. The van der Waals surface area contributed by atoms with Crippen LogP contribution in [0.2, 0.25) is 0 Å². The molecule has 0 rings (SSSR count). The summed E-state index contributed by atoms with van der Waals surface area (Å²) < 4.78 is 10.6. The van der Waals surface area contributed by atoms with Crippen molar-refractivity contribution < 1.29 is 24.2 Å². The standard InChI is InChI=1S/C45H80O5/c1-3-5-7-9-11-13-15-17-19-20-21-22-23-24-26-28-30-32-34-36-38-40-45(48)50-43(41-46)42-49-44(47)39-37-35-33-31-29-27-25-18-16-14-12-10-8-6-4-2/h5,7,11,13,17,19,21-22,43,46H,3-4,6,8-10,12,14-16,18,20,23-42H2,1-2H3/b7-5-,13-11-,19-17-,22-21-. The van der Waals surface area contributed by atoms with Crippen molar-refractivity contribution in [2.45, 2.75) is 213 Å². The van der Waals surface area contributed by atoms with Crippen LogP contribution in [0.25, 0.3) is 0 Å². The van der Waals surface area contributed by atoms with Crippen LogP contribution in [-0.2, 0) is 19.1 Å². The van der Waals surface area contributed by atoms with Crippen molar-refractivity contribution in [3.05, 3.63) is 48.6 Å². The van der Waals surface area contributed by atoms with E-state index in [1.807, 2.05) is 0 Å². The molecule has 0 saturated carbocycles. The van der Waals surface area contributed by atoms with Gasteiger partial charge in [0.1, 0.15) is 6.61 Å². The van der Waals surface area contributed by atoms with Crippen LogP contribution < -0.4 is 0 Å². The van der Waals surface area contributed by atoms with E-state index in [0.29, 0.717) is 12.8 Å². The zero-order chi connectivity index (χ0) is 36.4. The zero-order valence-corrected chi connectivity index (χ0v) is 32.9. The fourth-order valence-electron chi connectivity index (χ4n) is 5.96. The summed E-state index contributed by atoms with van der Waals surface area (Å²) >= 11 is 0. The van der Waals surface area contributed by atoms with Crippen molar-refractivity contribution in [2.24, 2.45) is 0 Å². The minimum absolute atomic E-state index is 0.0674. The van der Waals surface area contributed by atoms with Crippen LogP contribution >= 0.6 is 0 Å². The van der Waals surface area contributed by atoms with E-state index in [-0.39, 0.29) is 25.2 Å². The lowest BCUT2D eigenvalue weighted by Crippen LogP contribution is -2.28. The van der Waals surface area contributed by atoms with Gasteiger partial charge in [0.15, 0.2) is 6.10 Å². The molecule has 1 N–H and O–H groups in total. The molecule has 0 aliphatic carbocycles. The summed E-state index contributed by atoms with van der Waals surface area (Å²) in [5.74, 6) is -0.595. The largest absolute Gasteiger partial charge is 0.462 e. The number of aliphatic hydroxyl groups excluding tert-OH is 1. The molecule has 5 nitrogen and oxygen atoms in total. The van der Waals surface area contributed by atoms with Gasteiger partial charge in [0.2, 0.25) is 0 Å². The highest BCUT2D eigenvalue weighted by Crippen LogP contribution is 2.15. The number of hydrogen-bond donors (Lipinski definition) is 1. The summed E-state index contributed by atoms with van der Waals surface area (Å²) in [5, 5.41) is 9.57. The van der Waals surface area contributed by atoms with Gasteiger partial charge in [-0.25, -0.2) is 0 Å². The second-order valence-electron chi connectivity index (χ2n) is 14.0. The lowest BCUT2D eigenvalue weighted by atomic mass is 10.0. The topological polar surface area (TPSA) is 72.8 Å². The second kappa shape index (κ2) is 41.3. The number of esters is 2. The fraction of sp³-hybridized carbons (Fsp3) is 0.778. The Bertz CT molecular complexity index is 842. The molecule has 0 aliphatic heterocycles. The maximum absolute atomic E-state index is 12.2. The molecule has 0 aliphatic rings. The van der Waals surface area contributed by atoms with Crippen LogP contribution in [0.15, 0.2) is 48.6 Å². The van der Waals surface area contributed by atoms with Gasteiger partial charge in [0, 0.05) is 12.8 Å². The molecule has 0 aromatic rings. The first-order valence-electron chi connectivity index (χ1n) is 21.2. The Kier molecular flexibility index (Phi) is 39.5. The number of hydrogen-bond acceptors (Lipinski definition) is 5. The average Bonchev–Trinajstić information content (AvgIpc) is 3.12. The maximum atomic E-state index is 12.2. The number of carbonyl (C=O) groups excluding carboxylic acids is 2. The SMILES string of the molecule is CC/C=C\C/C=C\C/C=C\C/C=C\CCCCCCCCCCC(=O)OC(CO)COC(=O)CCCCCCCCCCCCCCCCC. The number of rotatable bonds is 38. The summed E-state index contributed by atoms with van der Waals surface area (Å²) in [6.07, 6.45) is 51.7. The quantitative estimate of drug-likeness (QED) is 0.0394. The molecule has 290 valence electrons. The summed E-state index contributed by atoms with van der Waals surface area (Å²) in [5.41, 5.74) is 0. The van der Waals surface area contributed by atoms with Crippen molar-refractivity contribution in [2.75, 3.05) is 13.2 Å². The Morgan fingerprint density at radius 1 is 0.480 bits per heavy atom. The Labute approximate surface area is 309 Å². The summed E-state index contributed by atoms with van der Waals surface area (Å²) in [6.45, 7) is 4.03. The number of ether oxygens (including phenoxy) is 2. The Morgan fingerprint density at radius 2 is 0.860 bits per heavy atom. The van der Waals surface area contributed by atoms with Crippen molar-refractivity contribution in [3.8, 4) is 0 Å². The van der Waals surface area contributed by atoms with Crippen LogP contribution in [0.3, 0.4) is 0 Å². The monoisotopic (exact) mass is 701 g/mol. The van der Waals surface area contributed by atoms with E-state index in [9.17, 15) is 14.7 Å².